The van der Waals surface area contributed by atoms with E-state index < -0.39 is 23.4 Å². The number of fused-ring (bicyclic) bond motifs is 9. The molecular weight excluding hydrogens is 320 g/mol. The molecule has 4 rings (SSSR count). The first kappa shape index (κ1) is 14.9. The lowest BCUT2D eigenvalue weighted by atomic mass is 9.65. The topological polar surface area (TPSA) is 63.6 Å². The van der Waals surface area contributed by atoms with Crippen LogP contribution in [0.25, 0.3) is 0 Å². The smallest absolute Gasteiger partial charge is 0.311 e. The Kier molecular flexibility index (Phi) is 3.19. The summed E-state index contributed by atoms with van der Waals surface area (Å²) < 4.78 is 5.54. The molecule has 0 saturated carbocycles. The number of carboxylic acids is 1. The molecule has 0 amide bonds. The van der Waals surface area contributed by atoms with Crippen LogP contribution in [0.1, 0.15) is 20.8 Å². The highest BCUT2D eigenvalue weighted by atomic mass is 32.2. The van der Waals surface area contributed by atoms with Crippen molar-refractivity contribution in [3.8, 4) is 0 Å². The largest absolute Gasteiger partial charge is 0.481 e. The Balaban J connectivity index is 1.66. The fraction of sp³-hybridized carbons (Fsp3) is 0.750. The number of carboxylic acid groups (broad SMARTS) is 1. The molecule has 4 aliphatic heterocycles. The van der Waals surface area contributed by atoms with Gasteiger partial charge in [-0.3, -0.25) is 9.59 Å². The lowest BCUT2D eigenvalue weighted by molar-refractivity contribution is -0.168. The van der Waals surface area contributed by atoms with E-state index in [0.717, 1.165) is 0 Å². The summed E-state index contributed by atoms with van der Waals surface area (Å²) in [7, 11) is 0. The van der Waals surface area contributed by atoms with Gasteiger partial charge in [-0.25, -0.2) is 0 Å². The van der Waals surface area contributed by atoms with E-state index in [2.05, 4.69) is 12.2 Å². The van der Waals surface area contributed by atoms with Crippen molar-refractivity contribution in [1.82, 2.24) is 0 Å². The van der Waals surface area contributed by atoms with Crippen molar-refractivity contribution in [3.63, 3.8) is 0 Å². The molecule has 0 aliphatic carbocycles. The Hall–Kier alpha value is -0.620. The van der Waals surface area contributed by atoms with Crippen molar-refractivity contribution in [2.75, 3.05) is 0 Å². The fourth-order valence-electron chi connectivity index (χ4n) is 4.54. The first-order valence-corrected chi connectivity index (χ1v) is 9.61. The summed E-state index contributed by atoms with van der Waals surface area (Å²) in [6.07, 6.45) is 4.48. The van der Waals surface area contributed by atoms with Crippen LogP contribution in [0.5, 0.6) is 0 Å². The number of hydrogen-bond acceptors (Lipinski definition) is 5. The predicted octanol–water partition coefficient (Wildman–Crippen LogP) is 2.43. The molecule has 4 nitrogen and oxygen atoms in total. The van der Waals surface area contributed by atoms with Crippen LogP contribution in [0.2, 0.25) is 0 Å². The van der Waals surface area contributed by atoms with Crippen LogP contribution < -0.4 is 0 Å². The number of carbonyl (C=O) groups is 2. The molecular formula is C16H20O4S2. The zero-order valence-corrected chi connectivity index (χ0v) is 14.4. The van der Waals surface area contributed by atoms with Gasteiger partial charge in [-0.2, -0.15) is 11.8 Å². The van der Waals surface area contributed by atoms with Crippen molar-refractivity contribution >= 4 is 35.5 Å². The standard InChI is InChI=1S/C16H20O4S2/c1-16(2,3)20-15(19)11-10(14(17)18)12-8-6-4-5-7(21-6)9(8)13(11)22-12/h4-13H,1-3H3,(H,17,18). The number of aliphatic carboxylic acids is 1. The Morgan fingerprint density at radius 2 is 1.55 bits per heavy atom. The average Bonchev–Trinajstić information content (AvgIpc) is 3.12. The summed E-state index contributed by atoms with van der Waals surface area (Å²) in [5.41, 5.74) is -0.574. The SMILES string of the molecule is CC(C)(C)OC(=O)C1C2SC(C1C(=O)O)C1C3C=CC(S3)C21. The van der Waals surface area contributed by atoms with Crippen LogP contribution in [-0.4, -0.2) is 43.6 Å². The number of thioether (sulfide) groups is 2. The van der Waals surface area contributed by atoms with Gasteiger partial charge < -0.3 is 9.84 Å². The minimum Gasteiger partial charge on any atom is -0.481 e. The summed E-state index contributed by atoms with van der Waals surface area (Å²) in [6, 6.07) is 0. The number of esters is 1. The molecule has 4 bridgehead atoms. The number of rotatable bonds is 2. The minimum atomic E-state index is -0.842. The van der Waals surface area contributed by atoms with Gasteiger partial charge in [0.1, 0.15) is 5.60 Å². The van der Waals surface area contributed by atoms with E-state index in [1.807, 2.05) is 32.5 Å². The van der Waals surface area contributed by atoms with E-state index >= 15 is 0 Å². The highest BCUT2D eigenvalue weighted by Crippen LogP contribution is 2.68. The van der Waals surface area contributed by atoms with Gasteiger partial charge in [-0.15, -0.1) is 11.8 Å². The Morgan fingerprint density at radius 1 is 1.00 bits per heavy atom. The van der Waals surface area contributed by atoms with E-state index in [1.54, 1.807) is 11.8 Å². The number of hydrogen-bond donors (Lipinski definition) is 1. The van der Waals surface area contributed by atoms with Gasteiger partial charge in [0.2, 0.25) is 0 Å². The Bertz CT molecular complexity index is 567. The van der Waals surface area contributed by atoms with Crippen molar-refractivity contribution < 1.29 is 19.4 Å². The van der Waals surface area contributed by atoms with Crippen LogP contribution >= 0.6 is 23.5 Å². The van der Waals surface area contributed by atoms with E-state index in [1.165, 1.54) is 0 Å². The van der Waals surface area contributed by atoms with Crippen LogP contribution in [0, 0.1) is 23.7 Å². The summed E-state index contributed by atoms with van der Waals surface area (Å²) in [5.74, 6) is -1.42. The molecule has 120 valence electrons. The van der Waals surface area contributed by atoms with Gasteiger partial charge in [0.25, 0.3) is 0 Å². The molecule has 8 atom stereocenters. The molecule has 0 aromatic heterocycles. The highest BCUT2D eigenvalue weighted by molar-refractivity contribution is 8.03. The van der Waals surface area contributed by atoms with E-state index in [-0.39, 0.29) is 16.5 Å². The maximum atomic E-state index is 12.6. The van der Waals surface area contributed by atoms with Crippen molar-refractivity contribution in [1.29, 1.82) is 0 Å². The molecule has 0 spiro atoms. The van der Waals surface area contributed by atoms with Gasteiger partial charge in [-0.05, 0) is 32.6 Å². The molecule has 0 aromatic rings. The van der Waals surface area contributed by atoms with E-state index in [9.17, 15) is 14.7 Å². The molecule has 6 heteroatoms. The van der Waals surface area contributed by atoms with Crippen LogP contribution in [0.3, 0.4) is 0 Å². The molecule has 4 aliphatic rings. The van der Waals surface area contributed by atoms with Gasteiger partial charge in [0, 0.05) is 21.0 Å². The van der Waals surface area contributed by atoms with Crippen LogP contribution in [0.4, 0.5) is 0 Å². The Labute approximate surface area is 138 Å². The summed E-state index contributed by atoms with van der Waals surface area (Å²) >= 11 is 3.68. The molecule has 0 aromatic carbocycles. The lowest BCUT2D eigenvalue weighted by Gasteiger charge is -2.37. The average molecular weight is 340 g/mol. The normalized spacial score (nSPS) is 47.8. The zero-order valence-electron chi connectivity index (χ0n) is 12.8. The van der Waals surface area contributed by atoms with Gasteiger partial charge in [0.05, 0.1) is 11.8 Å². The third kappa shape index (κ3) is 1.99. The first-order valence-electron chi connectivity index (χ1n) is 7.73. The quantitative estimate of drug-likeness (QED) is 0.615. The summed E-state index contributed by atoms with van der Waals surface area (Å²) in [5, 5.41) is 10.7. The second-order valence-electron chi connectivity index (χ2n) is 7.59. The Morgan fingerprint density at radius 3 is 2.05 bits per heavy atom. The zero-order chi connectivity index (χ0) is 15.8. The third-order valence-electron chi connectivity index (χ3n) is 5.14. The fourth-order valence-corrected chi connectivity index (χ4v) is 8.86. The molecule has 3 saturated heterocycles. The van der Waals surface area contributed by atoms with E-state index in [0.29, 0.717) is 22.3 Å². The second kappa shape index (κ2) is 4.69. The maximum Gasteiger partial charge on any atom is 0.311 e. The monoisotopic (exact) mass is 340 g/mol. The lowest BCUT2D eigenvalue weighted by Crippen LogP contribution is -2.50. The van der Waals surface area contributed by atoms with Crippen LogP contribution in [0.15, 0.2) is 12.2 Å². The predicted molar refractivity (Wildman–Crippen MR) is 86.9 cm³/mol. The summed E-state index contributed by atoms with van der Waals surface area (Å²) in [6.45, 7) is 5.50. The maximum absolute atomic E-state index is 12.6. The van der Waals surface area contributed by atoms with Gasteiger partial charge in [0.15, 0.2) is 0 Å². The molecule has 4 heterocycles. The molecule has 22 heavy (non-hydrogen) atoms. The third-order valence-corrected chi connectivity index (χ3v) is 8.55. The van der Waals surface area contributed by atoms with Gasteiger partial charge in [-0.1, -0.05) is 12.2 Å². The summed E-state index contributed by atoms with van der Waals surface area (Å²) in [4.78, 5) is 24.5. The first-order chi connectivity index (χ1) is 10.3. The highest BCUT2D eigenvalue weighted by Gasteiger charge is 2.69. The number of carbonyl (C=O) groups excluding carboxylic acids is 1. The molecule has 1 N–H and O–H groups in total. The van der Waals surface area contributed by atoms with Gasteiger partial charge >= 0.3 is 11.9 Å². The molecule has 8 unspecified atom stereocenters. The van der Waals surface area contributed by atoms with Crippen molar-refractivity contribution in [2.45, 2.75) is 47.4 Å². The van der Waals surface area contributed by atoms with Crippen molar-refractivity contribution in [3.05, 3.63) is 12.2 Å². The van der Waals surface area contributed by atoms with Crippen molar-refractivity contribution in [2.24, 2.45) is 23.7 Å². The molecule has 3 fully saturated rings. The van der Waals surface area contributed by atoms with E-state index in [4.69, 9.17) is 4.74 Å². The molecule has 0 radical (unpaired) electrons. The minimum absolute atomic E-state index is 0.0532. The number of ether oxygens (including phenoxy) is 1. The van der Waals surface area contributed by atoms with Crippen LogP contribution in [-0.2, 0) is 14.3 Å². The second-order valence-corrected chi connectivity index (χ2v) is 10.3.